The summed E-state index contributed by atoms with van der Waals surface area (Å²) in [7, 11) is 0. The fourth-order valence-corrected chi connectivity index (χ4v) is 1.18. The molecule has 0 saturated heterocycles. The van der Waals surface area contributed by atoms with E-state index in [9.17, 15) is 0 Å². The summed E-state index contributed by atoms with van der Waals surface area (Å²) in [5.41, 5.74) is 0. The van der Waals surface area contributed by atoms with Crippen LogP contribution in [0.4, 0.5) is 0 Å². The van der Waals surface area contributed by atoms with Crippen molar-refractivity contribution in [1.82, 2.24) is 0 Å². The molecule has 0 aliphatic heterocycles. The molecule has 0 spiro atoms. The zero-order valence-corrected chi connectivity index (χ0v) is 8.91. The van der Waals surface area contributed by atoms with Gasteiger partial charge >= 0.3 is 0 Å². The fourth-order valence-electron chi connectivity index (χ4n) is 0.916. The highest BCUT2D eigenvalue weighted by Gasteiger charge is 2.01. The Morgan fingerprint density at radius 1 is 1.46 bits per heavy atom. The van der Waals surface area contributed by atoms with Gasteiger partial charge in [0.25, 0.3) is 0 Å². The molecule has 1 rings (SSSR count). The number of ether oxygens (including phenoxy) is 1. The van der Waals surface area contributed by atoms with Crippen molar-refractivity contribution in [3.63, 3.8) is 0 Å². The van der Waals surface area contributed by atoms with E-state index in [2.05, 4.69) is 22.0 Å². The van der Waals surface area contributed by atoms with Crippen LogP contribution in [0, 0.1) is 11.3 Å². The van der Waals surface area contributed by atoms with Crippen molar-refractivity contribution in [1.29, 1.82) is 5.26 Å². The first kappa shape index (κ1) is 10.1. The van der Waals surface area contributed by atoms with Gasteiger partial charge in [-0.25, -0.2) is 0 Å². The molecule has 1 aromatic rings. The SMILES string of the molecule is CC(CC#N)Oc1ccc(Br)cc1. The van der Waals surface area contributed by atoms with Crippen LogP contribution in [0.15, 0.2) is 28.7 Å². The first-order chi connectivity index (χ1) is 6.22. The predicted octanol–water partition coefficient (Wildman–Crippen LogP) is 3.13. The van der Waals surface area contributed by atoms with Gasteiger partial charge in [0, 0.05) is 4.47 Å². The molecule has 3 heteroatoms. The number of nitrogens with zero attached hydrogens (tertiary/aromatic N) is 1. The van der Waals surface area contributed by atoms with Crippen molar-refractivity contribution in [2.45, 2.75) is 19.4 Å². The van der Waals surface area contributed by atoms with E-state index in [4.69, 9.17) is 10.00 Å². The van der Waals surface area contributed by atoms with Gasteiger partial charge in [0.2, 0.25) is 0 Å². The number of benzene rings is 1. The molecule has 1 unspecified atom stereocenters. The van der Waals surface area contributed by atoms with Crippen LogP contribution in [0.5, 0.6) is 5.75 Å². The van der Waals surface area contributed by atoms with E-state index in [0.29, 0.717) is 6.42 Å². The quantitative estimate of drug-likeness (QED) is 0.813. The molecule has 0 aromatic heterocycles. The minimum atomic E-state index is -0.0498. The molecule has 0 heterocycles. The number of rotatable bonds is 3. The monoisotopic (exact) mass is 239 g/mol. The average molecular weight is 240 g/mol. The van der Waals surface area contributed by atoms with Crippen LogP contribution in [-0.2, 0) is 0 Å². The molecule has 68 valence electrons. The predicted molar refractivity (Wildman–Crippen MR) is 54.5 cm³/mol. The maximum atomic E-state index is 8.42. The smallest absolute Gasteiger partial charge is 0.119 e. The zero-order valence-electron chi connectivity index (χ0n) is 7.33. The van der Waals surface area contributed by atoms with Gasteiger partial charge in [-0.2, -0.15) is 5.26 Å². The van der Waals surface area contributed by atoms with Crippen LogP contribution in [-0.4, -0.2) is 6.10 Å². The Morgan fingerprint density at radius 3 is 2.62 bits per heavy atom. The second-order valence-corrected chi connectivity index (χ2v) is 3.66. The summed E-state index contributed by atoms with van der Waals surface area (Å²) in [5.74, 6) is 0.797. The van der Waals surface area contributed by atoms with Crippen LogP contribution < -0.4 is 4.74 Å². The number of hydrogen-bond acceptors (Lipinski definition) is 2. The molecule has 13 heavy (non-hydrogen) atoms. The van der Waals surface area contributed by atoms with Crippen LogP contribution in [0.3, 0.4) is 0 Å². The topological polar surface area (TPSA) is 33.0 Å². The van der Waals surface area contributed by atoms with Gasteiger partial charge in [-0.1, -0.05) is 15.9 Å². The van der Waals surface area contributed by atoms with E-state index in [1.54, 1.807) is 0 Å². The third kappa shape index (κ3) is 3.47. The summed E-state index contributed by atoms with van der Waals surface area (Å²) in [5, 5.41) is 8.42. The molecule has 0 aliphatic carbocycles. The van der Waals surface area contributed by atoms with Crippen LogP contribution in [0.25, 0.3) is 0 Å². The first-order valence-electron chi connectivity index (χ1n) is 4.01. The summed E-state index contributed by atoms with van der Waals surface area (Å²) < 4.78 is 6.49. The Balaban J connectivity index is 2.55. The van der Waals surface area contributed by atoms with Gasteiger partial charge in [-0.3, -0.25) is 0 Å². The Bertz CT molecular complexity index is 302. The Hall–Kier alpha value is -1.01. The second-order valence-electron chi connectivity index (χ2n) is 2.74. The number of hydrogen-bond donors (Lipinski definition) is 0. The van der Waals surface area contributed by atoms with Gasteiger partial charge in [0.05, 0.1) is 12.5 Å². The highest BCUT2D eigenvalue weighted by Crippen LogP contribution is 2.17. The lowest BCUT2D eigenvalue weighted by atomic mass is 10.3. The summed E-state index contributed by atoms with van der Waals surface area (Å²) in [4.78, 5) is 0. The summed E-state index contributed by atoms with van der Waals surface area (Å²) >= 11 is 3.33. The van der Waals surface area contributed by atoms with Crippen molar-refractivity contribution in [2.24, 2.45) is 0 Å². The minimum Gasteiger partial charge on any atom is -0.490 e. The normalized spacial score (nSPS) is 11.8. The lowest BCUT2D eigenvalue weighted by molar-refractivity contribution is 0.227. The molecule has 0 radical (unpaired) electrons. The summed E-state index contributed by atoms with van der Waals surface area (Å²) in [6.07, 6.45) is 0.363. The standard InChI is InChI=1S/C10H10BrNO/c1-8(6-7-12)13-10-4-2-9(11)3-5-10/h2-5,8H,6H2,1H3. The van der Waals surface area contributed by atoms with Gasteiger partial charge in [0.1, 0.15) is 11.9 Å². The van der Waals surface area contributed by atoms with Crippen molar-refractivity contribution in [3.05, 3.63) is 28.7 Å². The van der Waals surface area contributed by atoms with Crippen molar-refractivity contribution >= 4 is 15.9 Å². The Labute approximate surface area is 86.3 Å². The number of nitriles is 1. The molecule has 0 fully saturated rings. The van der Waals surface area contributed by atoms with Crippen molar-refractivity contribution in [2.75, 3.05) is 0 Å². The van der Waals surface area contributed by atoms with Crippen molar-refractivity contribution in [3.8, 4) is 11.8 Å². The van der Waals surface area contributed by atoms with E-state index in [-0.39, 0.29) is 6.10 Å². The molecule has 1 atom stereocenters. The largest absolute Gasteiger partial charge is 0.490 e. The molecule has 0 bridgehead atoms. The molecule has 1 aromatic carbocycles. The van der Waals surface area contributed by atoms with Gasteiger partial charge in [-0.15, -0.1) is 0 Å². The lowest BCUT2D eigenvalue weighted by Gasteiger charge is -2.10. The Kier molecular flexibility index (Phi) is 3.78. The molecular weight excluding hydrogens is 230 g/mol. The molecule has 0 saturated carbocycles. The molecular formula is C10H10BrNO. The molecule has 0 aliphatic rings. The van der Waals surface area contributed by atoms with E-state index >= 15 is 0 Å². The summed E-state index contributed by atoms with van der Waals surface area (Å²) in [6.45, 7) is 1.88. The molecule has 0 amide bonds. The molecule has 2 nitrogen and oxygen atoms in total. The van der Waals surface area contributed by atoms with E-state index < -0.39 is 0 Å². The average Bonchev–Trinajstić information content (AvgIpc) is 2.09. The number of halogens is 1. The van der Waals surface area contributed by atoms with Crippen LogP contribution >= 0.6 is 15.9 Å². The van der Waals surface area contributed by atoms with E-state index in [1.165, 1.54) is 0 Å². The Morgan fingerprint density at radius 2 is 2.08 bits per heavy atom. The van der Waals surface area contributed by atoms with Gasteiger partial charge in [-0.05, 0) is 31.2 Å². The lowest BCUT2D eigenvalue weighted by Crippen LogP contribution is -2.10. The minimum absolute atomic E-state index is 0.0498. The highest BCUT2D eigenvalue weighted by molar-refractivity contribution is 9.10. The summed E-state index contributed by atoms with van der Waals surface area (Å²) in [6, 6.07) is 9.63. The first-order valence-corrected chi connectivity index (χ1v) is 4.81. The maximum absolute atomic E-state index is 8.42. The van der Waals surface area contributed by atoms with E-state index in [1.807, 2.05) is 31.2 Å². The highest BCUT2D eigenvalue weighted by atomic mass is 79.9. The van der Waals surface area contributed by atoms with Crippen LogP contribution in [0.1, 0.15) is 13.3 Å². The zero-order chi connectivity index (χ0) is 9.68. The molecule has 0 N–H and O–H groups in total. The van der Waals surface area contributed by atoms with Crippen LogP contribution in [0.2, 0.25) is 0 Å². The fraction of sp³-hybridized carbons (Fsp3) is 0.300. The maximum Gasteiger partial charge on any atom is 0.119 e. The third-order valence-corrected chi connectivity index (χ3v) is 2.06. The second kappa shape index (κ2) is 4.88. The van der Waals surface area contributed by atoms with Gasteiger partial charge < -0.3 is 4.74 Å². The van der Waals surface area contributed by atoms with Gasteiger partial charge in [0.15, 0.2) is 0 Å². The van der Waals surface area contributed by atoms with E-state index in [0.717, 1.165) is 10.2 Å². The van der Waals surface area contributed by atoms with Crippen molar-refractivity contribution < 1.29 is 4.74 Å². The third-order valence-electron chi connectivity index (χ3n) is 1.53.